The van der Waals surface area contributed by atoms with Gasteiger partial charge in [-0.3, -0.25) is 4.79 Å². The highest BCUT2D eigenvalue weighted by Crippen LogP contribution is 2.25. The Morgan fingerprint density at radius 2 is 2.05 bits per heavy atom. The molecular weight excluding hydrogens is 248 g/mol. The Labute approximate surface area is 122 Å². The standard InChI is InChI=1S/C17H26N2O/c1-4-5-14-8-10-19(11-9-14)17(20)15-12-13(2)6-7-16(15)18-3/h6-7,12,14,18H,4-5,8-11H2,1-3H3. The number of benzene rings is 1. The first-order chi connectivity index (χ1) is 9.65. The molecule has 1 fully saturated rings. The molecule has 110 valence electrons. The van der Waals surface area contributed by atoms with Gasteiger partial charge in [-0.1, -0.05) is 31.4 Å². The van der Waals surface area contributed by atoms with Crippen molar-refractivity contribution in [2.24, 2.45) is 5.92 Å². The SMILES string of the molecule is CCCC1CCN(C(=O)c2cc(C)ccc2NC)CC1. The van der Waals surface area contributed by atoms with Crippen molar-refractivity contribution in [3.05, 3.63) is 29.3 Å². The molecule has 1 amide bonds. The van der Waals surface area contributed by atoms with Crippen LogP contribution in [0.2, 0.25) is 0 Å². The number of carbonyl (C=O) groups excluding carboxylic acids is 1. The summed E-state index contributed by atoms with van der Waals surface area (Å²) in [4.78, 5) is 14.7. The van der Waals surface area contributed by atoms with Gasteiger partial charge in [-0.2, -0.15) is 0 Å². The number of rotatable bonds is 4. The molecule has 1 N–H and O–H groups in total. The van der Waals surface area contributed by atoms with Gasteiger partial charge in [-0.15, -0.1) is 0 Å². The van der Waals surface area contributed by atoms with E-state index in [0.29, 0.717) is 0 Å². The zero-order chi connectivity index (χ0) is 14.5. The number of anilines is 1. The number of amides is 1. The first-order valence-corrected chi connectivity index (χ1v) is 7.73. The van der Waals surface area contributed by atoms with Gasteiger partial charge >= 0.3 is 0 Å². The molecule has 0 spiro atoms. The maximum absolute atomic E-state index is 12.7. The van der Waals surface area contributed by atoms with Crippen molar-refractivity contribution in [3.63, 3.8) is 0 Å². The predicted molar refractivity (Wildman–Crippen MR) is 84.3 cm³/mol. The minimum atomic E-state index is 0.174. The lowest BCUT2D eigenvalue weighted by molar-refractivity contribution is 0.0687. The van der Waals surface area contributed by atoms with Gasteiger partial charge in [0.25, 0.3) is 5.91 Å². The van der Waals surface area contributed by atoms with E-state index < -0.39 is 0 Å². The van der Waals surface area contributed by atoms with Crippen molar-refractivity contribution < 1.29 is 4.79 Å². The molecular formula is C17H26N2O. The maximum Gasteiger partial charge on any atom is 0.255 e. The van der Waals surface area contributed by atoms with E-state index in [1.54, 1.807) is 0 Å². The van der Waals surface area contributed by atoms with E-state index in [0.717, 1.165) is 48.7 Å². The normalized spacial score (nSPS) is 16.2. The Morgan fingerprint density at radius 3 is 2.65 bits per heavy atom. The molecule has 0 atom stereocenters. The van der Waals surface area contributed by atoms with Crippen LogP contribution in [0.15, 0.2) is 18.2 Å². The molecule has 1 saturated heterocycles. The second-order valence-corrected chi connectivity index (χ2v) is 5.82. The van der Waals surface area contributed by atoms with E-state index in [1.807, 2.05) is 37.1 Å². The maximum atomic E-state index is 12.7. The largest absolute Gasteiger partial charge is 0.387 e. The fraction of sp³-hybridized carbons (Fsp3) is 0.588. The van der Waals surface area contributed by atoms with Gasteiger partial charge in [-0.25, -0.2) is 0 Å². The summed E-state index contributed by atoms with van der Waals surface area (Å²) >= 11 is 0. The van der Waals surface area contributed by atoms with E-state index in [4.69, 9.17) is 0 Å². The summed E-state index contributed by atoms with van der Waals surface area (Å²) in [7, 11) is 1.87. The third kappa shape index (κ3) is 3.33. The minimum absolute atomic E-state index is 0.174. The van der Waals surface area contributed by atoms with Crippen molar-refractivity contribution in [2.45, 2.75) is 39.5 Å². The van der Waals surface area contributed by atoms with Crippen LogP contribution in [0.4, 0.5) is 5.69 Å². The van der Waals surface area contributed by atoms with Crippen molar-refractivity contribution in [3.8, 4) is 0 Å². The number of likely N-dealkylation sites (tertiary alicyclic amines) is 1. The molecule has 0 unspecified atom stereocenters. The summed E-state index contributed by atoms with van der Waals surface area (Å²) in [5.74, 6) is 0.985. The zero-order valence-corrected chi connectivity index (χ0v) is 12.9. The van der Waals surface area contributed by atoms with Crippen LogP contribution >= 0.6 is 0 Å². The molecule has 3 heteroatoms. The molecule has 1 aliphatic rings. The monoisotopic (exact) mass is 274 g/mol. The third-order valence-corrected chi connectivity index (χ3v) is 4.27. The van der Waals surface area contributed by atoms with Crippen LogP contribution in [0.1, 0.15) is 48.5 Å². The van der Waals surface area contributed by atoms with Gasteiger partial charge in [-0.05, 0) is 37.8 Å². The summed E-state index contributed by atoms with van der Waals surface area (Å²) in [6.45, 7) is 6.08. The van der Waals surface area contributed by atoms with Gasteiger partial charge in [0.2, 0.25) is 0 Å². The van der Waals surface area contributed by atoms with Gasteiger partial charge < -0.3 is 10.2 Å². The smallest absolute Gasteiger partial charge is 0.255 e. The first kappa shape index (κ1) is 14.9. The number of hydrogen-bond donors (Lipinski definition) is 1. The Bertz CT molecular complexity index is 462. The van der Waals surface area contributed by atoms with Crippen LogP contribution in [0.5, 0.6) is 0 Å². The highest BCUT2D eigenvalue weighted by Gasteiger charge is 2.24. The van der Waals surface area contributed by atoms with Crippen LogP contribution in [-0.2, 0) is 0 Å². The van der Waals surface area contributed by atoms with Crippen molar-refractivity contribution in [1.29, 1.82) is 0 Å². The highest BCUT2D eigenvalue weighted by atomic mass is 16.2. The molecule has 0 aromatic heterocycles. The number of hydrogen-bond acceptors (Lipinski definition) is 2. The Morgan fingerprint density at radius 1 is 1.35 bits per heavy atom. The average Bonchev–Trinajstić information content (AvgIpc) is 2.47. The molecule has 0 aliphatic carbocycles. The van der Waals surface area contributed by atoms with Crippen LogP contribution in [0.25, 0.3) is 0 Å². The first-order valence-electron chi connectivity index (χ1n) is 7.73. The van der Waals surface area contributed by atoms with E-state index in [-0.39, 0.29) is 5.91 Å². The van der Waals surface area contributed by atoms with E-state index in [9.17, 15) is 4.79 Å². The molecule has 1 aromatic carbocycles. The van der Waals surface area contributed by atoms with Gasteiger partial charge in [0.1, 0.15) is 0 Å². The number of aryl methyl sites for hydroxylation is 1. The van der Waals surface area contributed by atoms with Crippen LogP contribution in [0.3, 0.4) is 0 Å². The third-order valence-electron chi connectivity index (χ3n) is 4.27. The van der Waals surface area contributed by atoms with Gasteiger partial charge in [0, 0.05) is 25.8 Å². The van der Waals surface area contributed by atoms with Crippen LogP contribution in [-0.4, -0.2) is 30.9 Å². The molecule has 1 aliphatic heterocycles. The second-order valence-electron chi connectivity index (χ2n) is 5.82. The van der Waals surface area contributed by atoms with Crippen molar-refractivity contribution in [2.75, 3.05) is 25.5 Å². The fourth-order valence-electron chi connectivity index (χ4n) is 3.06. The number of nitrogens with one attached hydrogen (secondary N) is 1. The predicted octanol–water partition coefficient (Wildman–Crippen LogP) is 3.69. The van der Waals surface area contributed by atoms with Crippen molar-refractivity contribution in [1.82, 2.24) is 4.90 Å². The van der Waals surface area contributed by atoms with Gasteiger partial charge in [0.15, 0.2) is 0 Å². The summed E-state index contributed by atoms with van der Waals surface area (Å²) < 4.78 is 0. The minimum Gasteiger partial charge on any atom is -0.387 e. The lowest BCUT2D eigenvalue weighted by Crippen LogP contribution is -2.38. The molecule has 0 radical (unpaired) electrons. The van der Waals surface area contributed by atoms with Crippen LogP contribution < -0.4 is 5.32 Å². The summed E-state index contributed by atoms with van der Waals surface area (Å²) in [5.41, 5.74) is 2.87. The lowest BCUT2D eigenvalue weighted by Gasteiger charge is -2.32. The summed E-state index contributed by atoms with van der Waals surface area (Å²) in [5, 5.41) is 3.12. The molecule has 2 rings (SSSR count). The zero-order valence-electron chi connectivity index (χ0n) is 12.9. The summed E-state index contributed by atoms with van der Waals surface area (Å²) in [6, 6.07) is 6.02. The molecule has 0 bridgehead atoms. The number of nitrogens with zero attached hydrogens (tertiary/aromatic N) is 1. The Hall–Kier alpha value is -1.51. The Balaban J connectivity index is 2.07. The van der Waals surface area contributed by atoms with Gasteiger partial charge in [0.05, 0.1) is 5.56 Å². The molecule has 1 aromatic rings. The average molecular weight is 274 g/mol. The van der Waals surface area contributed by atoms with Crippen molar-refractivity contribution >= 4 is 11.6 Å². The molecule has 0 saturated carbocycles. The van der Waals surface area contributed by atoms with E-state index in [1.165, 1.54) is 12.8 Å². The quantitative estimate of drug-likeness (QED) is 0.908. The topological polar surface area (TPSA) is 32.3 Å². The van der Waals surface area contributed by atoms with E-state index in [2.05, 4.69) is 12.2 Å². The number of carbonyl (C=O) groups is 1. The molecule has 3 nitrogen and oxygen atoms in total. The molecule has 20 heavy (non-hydrogen) atoms. The summed E-state index contributed by atoms with van der Waals surface area (Å²) in [6.07, 6.45) is 4.86. The van der Waals surface area contributed by atoms with E-state index >= 15 is 0 Å². The lowest BCUT2D eigenvalue weighted by atomic mass is 9.92. The Kier molecular flexibility index (Phi) is 5.05. The number of piperidine rings is 1. The van der Waals surface area contributed by atoms with Crippen LogP contribution in [0, 0.1) is 12.8 Å². The highest BCUT2D eigenvalue weighted by molar-refractivity contribution is 5.99. The molecule has 1 heterocycles. The second kappa shape index (κ2) is 6.78. The fourth-order valence-corrected chi connectivity index (χ4v) is 3.06.